The zero-order valence-corrected chi connectivity index (χ0v) is 6.61. The maximum Gasteiger partial charge on any atom is 0.0617 e. The normalized spacial score (nSPS) is 10.5. The molecule has 0 amide bonds. The van der Waals surface area contributed by atoms with Gasteiger partial charge < -0.3 is 5.41 Å². The molecule has 0 spiro atoms. The highest BCUT2D eigenvalue weighted by atomic mass is 32.1. The molecule has 0 atom stereocenters. The fourth-order valence-electron chi connectivity index (χ4n) is 0.681. The second-order valence-corrected chi connectivity index (χ2v) is 2.71. The minimum Gasteiger partial charge on any atom is -0.300 e. The van der Waals surface area contributed by atoms with Crippen LogP contribution in [0, 0.1) is 5.41 Å². The highest BCUT2D eigenvalue weighted by molar-refractivity contribution is 7.08. The number of thiophene rings is 1. The van der Waals surface area contributed by atoms with Crippen molar-refractivity contribution in [3.05, 3.63) is 34.5 Å². The minimum absolute atomic E-state index is 0.587. The van der Waals surface area contributed by atoms with Crippen LogP contribution in [-0.2, 0) is 0 Å². The topological polar surface area (TPSA) is 23.9 Å². The van der Waals surface area contributed by atoms with Crippen molar-refractivity contribution >= 4 is 17.0 Å². The second-order valence-electron chi connectivity index (χ2n) is 1.93. The summed E-state index contributed by atoms with van der Waals surface area (Å²) in [6, 6.07) is 1.95. The van der Waals surface area contributed by atoms with Gasteiger partial charge >= 0.3 is 0 Å². The van der Waals surface area contributed by atoms with E-state index >= 15 is 0 Å². The molecule has 1 heterocycles. The van der Waals surface area contributed by atoms with E-state index in [0.717, 1.165) is 5.56 Å². The van der Waals surface area contributed by atoms with Crippen molar-refractivity contribution in [3.8, 4) is 0 Å². The average Bonchev–Trinajstić information content (AvgIpc) is 2.38. The molecule has 1 rings (SSSR count). The average molecular weight is 151 g/mol. The lowest BCUT2D eigenvalue weighted by Gasteiger charge is -1.88. The summed E-state index contributed by atoms with van der Waals surface area (Å²) < 4.78 is 0. The molecule has 0 aliphatic rings. The number of allylic oxidation sites excluding steroid dienone is 2. The van der Waals surface area contributed by atoms with Gasteiger partial charge in [0.1, 0.15) is 0 Å². The van der Waals surface area contributed by atoms with Crippen LogP contribution in [-0.4, -0.2) is 5.71 Å². The van der Waals surface area contributed by atoms with Crippen LogP contribution in [0.1, 0.15) is 12.5 Å². The maximum atomic E-state index is 7.47. The summed E-state index contributed by atoms with van der Waals surface area (Å²) in [6.07, 6.45) is 3.67. The molecule has 0 unspecified atom stereocenters. The molecule has 52 valence electrons. The molecule has 0 saturated carbocycles. The predicted octanol–water partition coefficient (Wildman–Crippen LogP) is 2.69. The lowest BCUT2D eigenvalue weighted by molar-refractivity contribution is 1.51. The zero-order valence-electron chi connectivity index (χ0n) is 5.79. The zero-order chi connectivity index (χ0) is 7.40. The van der Waals surface area contributed by atoms with Gasteiger partial charge in [-0.15, -0.1) is 0 Å². The summed E-state index contributed by atoms with van der Waals surface area (Å²) in [5, 5.41) is 11.4. The summed E-state index contributed by atoms with van der Waals surface area (Å²) in [5.74, 6) is 0. The molecule has 1 nitrogen and oxygen atoms in total. The molecule has 1 N–H and O–H groups in total. The quantitative estimate of drug-likeness (QED) is 0.628. The van der Waals surface area contributed by atoms with Crippen molar-refractivity contribution in [2.75, 3.05) is 0 Å². The SMILES string of the molecule is C/C=C\C(=N)c1ccsc1. The summed E-state index contributed by atoms with van der Waals surface area (Å²) >= 11 is 1.62. The van der Waals surface area contributed by atoms with E-state index in [2.05, 4.69) is 0 Å². The van der Waals surface area contributed by atoms with Gasteiger partial charge in [-0.2, -0.15) is 11.3 Å². The van der Waals surface area contributed by atoms with Gasteiger partial charge in [0.05, 0.1) is 5.71 Å². The first-order valence-corrected chi connectivity index (χ1v) is 4.02. The first-order chi connectivity index (χ1) is 4.84. The molecule has 0 aliphatic heterocycles. The van der Waals surface area contributed by atoms with Gasteiger partial charge in [0.25, 0.3) is 0 Å². The molecule has 1 aromatic rings. The van der Waals surface area contributed by atoms with E-state index in [1.165, 1.54) is 0 Å². The number of hydrogen-bond acceptors (Lipinski definition) is 2. The fourth-order valence-corrected chi connectivity index (χ4v) is 1.34. The highest BCUT2D eigenvalue weighted by Gasteiger charge is 1.94. The summed E-state index contributed by atoms with van der Waals surface area (Å²) in [6.45, 7) is 1.92. The summed E-state index contributed by atoms with van der Waals surface area (Å²) in [4.78, 5) is 0. The first-order valence-electron chi connectivity index (χ1n) is 3.08. The van der Waals surface area contributed by atoms with Crippen LogP contribution in [0.4, 0.5) is 0 Å². The Kier molecular flexibility index (Phi) is 2.40. The fraction of sp³-hybridized carbons (Fsp3) is 0.125. The summed E-state index contributed by atoms with van der Waals surface area (Å²) in [7, 11) is 0. The van der Waals surface area contributed by atoms with E-state index in [9.17, 15) is 0 Å². The Bertz CT molecular complexity index is 234. The Morgan fingerprint density at radius 3 is 3.00 bits per heavy atom. The molecule has 0 radical (unpaired) electrons. The van der Waals surface area contributed by atoms with Crippen LogP contribution < -0.4 is 0 Å². The van der Waals surface area contributed by atoms with Gasteiger partial charge in [-0.25, -0.2) is 0 Å². The standard InChI is InChI=1S/C8H9NS/c1-2-3-8(9)7-4-5-10-6-7/h2-6,9H,1H3/b3-2-,9-8?. The minimum atomic E-state index is 0.587. The largest absolute Gasteiger partial charge is 0.300 e. The molecule has 0 bridgehead atoms. The van der Waals surface area contributed by atoms with Crippen LogP contribution in [0.15, 0.2) is 29.0 Å². The molecule has 2 heteroatoms. The third kappa shape index (κ3) is 1.54. The lowest BCUT2D eigenvalue weighted by atomic mass is 10.2. The van der Waals surface area contributed by atoms with Crippen LogP contribution in [0.25, 0.3) is 0 Å². The van der Waals surface area contributed by atoms with Gasteiger partial charge in [0.2, 0.25) is 0 Å². The molecule has 0 aromatic carbocycles. The van der Waals surface area contributed by atoms with Crippen molar-refractivity contribution in [3.63, 3.8) is 0 Å². The Balaban J connectivity index is 2.78. The molecule has 10 heavy (non-hydrogen) atoms. The summed E-state index contributed by atoms with van der Waals surface area (Å²) in [5.41, 5.74) is 1.59. The number of hydrogen-bond donors (Lipinski definition) is 1. The van der Waals surface area contributed by atoms with Crippen molar-refractivity contribution in [1.82, 2.24) is 0 Å². The first kappa shape index (κ1) is 7.22. The predicted molar refractivity (Wildman–Crippen MR) is 46.0 cm³/mol. The van der Waals surface area contributed by atoms with Crippen molar-refractivity contribution < 1.29 is 0 Å². The molecular weight excluding hydrogens is 142 g/mol. The van der Waals surface area contributed by atoms with Crippen molar-refractivity contribution in [2.24, 2.45) is 0 Å². The molecule has 0 fully saturated rings. The van der Waals surface area contributed by atoms with Crippen molar-refractivity contribution in [1.29, 1.82) is 5.41 Å². The smallest absolute Gasteiger partial charge is 0.0617 e. The molecular formula is C8H9NS. The Morgan fingerprint density at radius 2 is 2.50 bits per heavy atom. The van der Waals surface area contributed by atoms with Gasteiger partial charge in [-0.05, 0) is 24.4 Å². The molecule has 0 aliphatic carbocycles. The third-order valence-corrected chi connectivity index (χ3v) is 1.85. The van der Waals surface area contributed by atoms with Gasteiger partial charge in [-0.1, -0.05) is 6.08 Å². The van der Waals surface area contributed by atoms with E-state index in [-0.39, 0.29) is 0 Å². The Labute approximate surface area is 64.5 Å². The molecule has 0 saturated heterocycles. The van der Waals surface area contributed by atoms with Gasteiger partial charge in [-0.3, -0.25) is 0 Å². The van der Waals surface area contributed by atoms with Crippen LogP contribution in [0.2, 0.25) is 0 Å². The van der Waals surface area contributed by atoms with Crippen molar-refractivity contribution in [2.45, 2.75) is 6.92 Å². The number of rotatable bonds is 2. The van der Waals surface area contributed by atoms with E-state index in [1.807, 2.05) is 29.8 Å². The Hall–Kier alpha value is -0.890. The second kappa shape index (κ2) is 3.32. The monoisotopic (exact) mass is 151 g/mol. The van der Waals surface area contributed by atoms with Crippen LogP contribution in [0.3, 0.4) is 0 Å². The number of nitrogens with one attached hydrogen (secondary N) is 1. The lowest BCUT2D eigenvalue weighted by Crippen LogP contribution is -1.89. The third-order valence-electron chi connectivity index (χ3n) is 1.17. The Morgan fingerprint density at radius 1 is 1.70 bits per heavy atom. The van der Waals surface area contributed by atoms with Crippen LogP contribution >= 0.6 is 11.3 Å². The molecule has 1 aromatic heterocycles. The highest BCUT2D eigenvalue weighted by Crippen LogP contribution is 2.06. The van der Waals surface area contributed by atoms with E-state index in [0.29, 0.717) is 5.71 Å². The van der Waals surface area contributed by atoms with E-state index in [1.54, 1.807) is 17.4 Å². The maximum absolute atomic E-state index is 7.47. The van der Waals surface area contributed by atoms with E-state index < -0.39 is 0 Å². The van der Waals surface area contributed by atoms with E-state index in [4.69, 9.17) is 5.41 Å². The van der Waals surface area contributed by atoms with Gasteiger partial charge in [0.15, 0.2) is 0 Å². The van der Waals surface area contributed by atoms with Crippen LogP contribution in [0.5, 0.6) is 0 Å². The van der Waals surface area contributed by atoms with Gasteiger partial charge in [0, 0.05) is 10.9 Å².